The number of carbonyl (C=O) groups is 2. The van der Waals surface area contributed by atoms with E-state index in [0.717, 1.165) is 29.3 Å². The molecule has 1 atom stereocenters. The SMILES string of the molecule is CCOC(=O)c1c(NC(=O)COc2ccc(C(C)C)cc2Br)sc2c1CCC(C)C2. The van der Waals surface area contributed by atoms with Gasteiger partial charge in [-0.3, -0.25) is 4.79 Å². The second-order valence-corrected chi connectivity index (χ2v) is 9.92. The minimum Gasteiger partial charge on any atom is -0.483 e. The Labute approximate surface area is 190 Å². The Morgan fingerprint density at radius 1 is 1.33 bits per heavy atom. The lowest BCUT2D eigenvalue weighted by molar-refractivity contribution is -0.118. The van der Waals surface area contributed by atoms with Crippen molar-refractivity contribution in [3.05, 3.63) is 44.2 Å². The van der Waals surface area contributed by atoms with Gasteiger partial charge in [-0.25, -0.2) is 4.79 Å². The van der Waals surface area contributed by atoms with E-state index in [2.05, 4.69) is 42.0 Å². The van der Waals surface area contributed by atoms with Crippen molar-refractivity contribution in [3.63, 3.8) is 0 Å². The molecule has 3 rings (SSSR count). The van der Waals surface area contributed by atoms with Crippen LogP contribution in [0.4, 0.5) is 5.00 Å². The third-order valence-corrected chi connectivity index (χ3v) is 7.02. The molecule has 5 nitrogen and oxygen atoms in total. The van der Waals surface area contributed by atoms with Gasteiger partial charge in [-0.15, -0.1) is 11.3 Å². The first-order chi connectivity index (χ1) is 14.3. The van der Waals surface area contributed by atoms with Gasteiger partial charge in [0.1, 0.15) is 10.8 Å². The Morgan fingerprint density at radius 3 is 2.77 bits per heavy atom. The molecule has 0 saturated heterocycles. The molecule has 30 heavy (non-hydrogen) atoms. The molecule has 0 saturated carbocycles. The highest BCUT2D eigenvalue weighted by molar-refractivity contribution is 9.10. The molecule has 1 N–H and O–H groups in total. The van der Waals surface area contributed by atoms with Crippen molar-refractivity contribution in [3.8, 4) is 5.75 Å². The molecule has 1 aromatic heterocycles. The zero-order valence-corrected chi connectivity index (χ0v) is 20.2. The highest BCUT2D eigenvalue weighted by Gasteiger charge is 2.29. The molecule has 1 unspecified atom stereocenters. The Balaban J connectivity index is 1.72. The van der Waals surface area contributed by atoms with E-state index < -0.39 is 0 Å². The van der Waals surface area contributed by atoms with E-state index >= 15 is 0 Å². The summed E-state index contributed by atoms with van der Waals surface area (Å²) in [5.74, 6) is 0.927. The zero-order chi connectivity index (χ0) is 21.8. The van der Waals surface area contributed by atoms with Gasteiger partial charge in [0.05, 0.1) is 16.6 Å². The third kappa shape index (κ3) is 5.24. The molecule has 162 valence electrons. The number of thiophene rings is 1. The second-order valence-electron chi connectivity index (χ2n) is 7.96. The minimum atomic E-state index is -0.368. The van der Waals surface area contributed by atoms with E-state index in [-0.39, 0.29) is 18.5 Å². The number of rotatable bonds is 7. The van der Waals surface area contributed by atoms with Crippen molar-refractivity contribution in [1.82, 2.24) is 0 Å². The van der Waals surface area contributed by atoms with Crippen LogP contribution in [0.25, 0.3) is 0 Å². The molecule has 1 heterocycles. The number of carbonyl (C=O) groups excluding carboxylic acids is 2. The van der Waals surface area contributed by atoms with E-state index in [1.54, 1.807) is 6.92 Å². The summed E-state index contributed by atoms with van der Waals surface area (Å²) in [5.41, 5.74) is 2.73. The maximum atomic E-state index is 12.6. The molecule has 0 spiro atoms. The summed E-state index contributed by atoms with van der Waals surface area (Å²) in [5, 5.41) is 3.44. The van der Waals surface area contributed by atoms with Gasteiger partial charge < -0.3 is 14.8 Å². The summed E-state index contributed by atoms with van der Waals surface area (Å²) in [4.78, 5) is 26.3. The van der Waals surface area contributed by atoms with E-state index in [0.29, 0.717) is 34.8 Å². The molecule has 1 aliphatic carbocycles. The summed E-state index contributed by atoms with van der Waals surface area (Å²) in [6, 6.07) is 5.86. The van der Waals surface area contributed by atoms with Crippen LogP contribution in [0.3, 0.4) is 0 Å². The average molecular weight is 494 g/mol. The Morgan fingerprint density at radius 2 is 2.10 bits per heavy atom. The summed E-state index contributed by atoms with van der Waals surface area (Å²) >= 11 is 4.99. The van der Waals surface area contributed by atoms with E-state index in [1.165, 1.54) is 21.8 Å². The number of hydrogen-bond acceptors (Lipinski definition) is 5. The molecule has 0 aliphatic heterocycles. The molecular formula is C23H28BrNO4S. The lowest BCUT2D eigenvalue weighted by Gasteiger charge is -2.18. The smallest absolute Gasteiger partial charge is 0.341 e. The molecule has 2 aromatic rings. The van der Waals surface area contributed by atoms with Gasteiger partial charge in [-0.05, 0) is 77.2 Å². The van der Waals surface area contributed by atoms with Gasteiger partial charge in [0.2, 0.25) is 0 Å². The Kier molecular flexibility index (Phi) is 7.58. The average Bonchev–Trinajstić information content (AvgIpc) is 3.03. The zero-order valence-electron chi connectivity index (χ0n) is 17.8. The molecule has 1 amide bonds. The first-order valence-electron chi connectivity index (χ1n) is 10.3. The van der Waals surface area contributed by atoms with Gasteiger partial charge in [-0.1, -0.05) is 26.8 Å². The van der Waals surface area contributed by atoms with Crippen LogP contribution in [0, 0.1) is 5.92 Å². The van der Waals surface area contributed by atoms with Crippen molar-refractivity contribution >= 4 is 44.1 Å². The van der Waals surface area contributed by atoms with E-state index in [9.17, 15) is 9.59 Å². The molecule has 0 fully saturated rings. The van der Waals surface area contributed by atoms with Gasteiger partial charge in [-0.2, -0.15) is 0 Å². The largest absolute Gasteiger partial charge is 0.483 e. The number of anilines is 1. The van der Waals surface area contributed by atoms with Crippen LogP contribution >= 0.6 is 27.3 Å². The number of nitrogens with one attached hydrogen (secondary N) is 1. The van der Waals surface area contributed by atoms with Gasteiger partial charge in [0.15, 0.2) is 6.61 Å². The third-order valence-electron chi connectivity index (χ3n) is 5.23. The van der Waals surface area contributed by atoms with Crippen LogP contribution in [-0.4, -0.2) is 25.1 Å². The number of esters is 1. The maximum absolute atomic E-state index is 12.6. The molecule has 0 bridgehead atoms. The van der Waals surface area contributed by atoms with Crippen LogP contribution in [-0.2, 0) is 22.4 Å². The van der Waals surface area contributed by atoms with Crippen molar-refractivity contribution in [2.75, 3.05) is 18.5 Å². The van der Waals surface area contributed by atoms with Gasteiger partial charge in [0.25, 0.3) is 5.91 Å². The fraction of sp³-hybridized carbons (Fsp3) is 0.478. The molecule has 1 aromatic carbocycles. The summed E-state index contributed by atoms with van der Waals surface area (Å²) in [6.07, 6.45) is 2.80. The van der Waals surface area contributed by atoms with Crippen LogP contribution < -0.4 is 10.1 Å². The molecule has 0 radical (unpaired) electrons. The summed E-state index contributed by atoms with van der Waals surface area (Å²) < 4.78 is 11.8. The predicted molar refractivity (Wildman–Crippen MR) is 124 cm³/mol. The van der Waals surface area contributed by atoms with Crippen LogP contribution in [0.2, 0.25) is 0 Å². The first-order valence-corrected chi connectivity index (χ1v) is 11.9. The van der Waals surface area contributed by atoms with Crippen molar-refractivity contribution in [1.29, 1.82) is 0 Å². The first kappa shape index (κ1) is 22.8. The Hall–Kier alpha value is -1.86. The molecule has 1 aliphatic rings. The lowest BCUT2D eigenvalue weighted by atomic mass is 9.88. The minimum absolute atomic E-state index is 0.138. The van der Waals surface area contributed by atoms with Gasteiger partial charge >= 0.3 is 5.97 Å². The normalized spacial score (nSPS) is 15.6. The number of halogens is 1. The van der Waals surface area contributed by atoms with E-state index in [4.69, 9.17) is 9.47 Å². The highest BCUT2D eigenvalue weighted by Crippen LogP contribution is 2.40. The second kappa shape index (κ2) is 9.96. The highest BCUT2D eigenvalue weighted by atomic mass is 79.9. The standard InChI is InChI=1S/C23H28BrNO4S/c1-5-28-23(27)21-16-8-6-14(4)10-19(16)30-22(21)25-20(26)12-29-18-9-7-15(13(2)3)11-17(18)24/h7,9,11,13-14H,5-6,8,10,12H2,1-4H3,(H,25,26). The van der Waals surface area contributed by atoms with Crippen LogP contribution in [0.5, 0.6) is 5.75 Å². The number of hydrogen-bond donors (Lipinski definition) is 1. The monoisotopic (exact) mass is 493 g/mol. The fourth-order valence-corrected chi connectivity index (χ4v) is 5.48. The van der Waals surface area contributed by atoms with Crippen LogP contribution in [0.15, 0.2) is 22.7 Å². The number of ether oxygens (including phenoxy) is 2. The number of fused-ring (bicyclic) bond motifs is 1. The summed E-state index contributed by atoms with van der Waals surface area (Å²) in [6.45, 7) is 8.41. The van der Waals surface area contributed by atoms with Crippen molar-refractivity contribution < 1.29 is 19.1 Å². The van der Waals surface area contributed by atoms with Gasteiger partial charge in [0, 0.05) is 4.88 Å². The lowest BCUT2D eigenvalue weighted by Crippen LogP contribution is -2.21. The van der Waals surface area contributed by atoms with Crippen molar-refractivity contribution in [2.24, 2.45) is 5.92 Å². The Bertz CT molecular complexity index is 938. The van der Waals surface area contributed by atoms with E-state index in [1.807, 2.05) is 18.2 Å². The number of amides is 1. The van der Waals surface area contributed by atoms with Crippen molar-refractivity contribution in [2.45, 2.75) is 52.9 Å². The molecule has 7 heteroatoms. The predicted octanol–water partition coefficient (Wildman–Crippen LogP) is 5.95. The number of benzene rings is 1. The summed E-state index contributed by atoms with van der Waals surface area (Å²) in [7, 11) is 0. The van der Waals surface area contributed by atoms with Crippen LogP contribution in [0.1, 0.15) is 66.4 Å². The quantitative estimate of drug-likeness (QED) is 0.483. The maximum Gasteiger partial charge on any atom is 0.341 e. The molecular weight excluding hydrogens is 466 g/mol. The topological polar surface area (TPSA) is 64.6 Å². The fourth-order valence-electron chi connectivity index (χ4n) is 3.56.